The fourth-order valence-corrected chi connectivity index (χ4v) is 2.19. The van der Waals surface area contributed by atoms with Crippen molar-refractivity contribution in [2.24, 2.45) is 0 Å². The lowest BCUT2D eigenvalue weighted by atomic mass is 10.1. The molecule has 0 aliphatic carbocycles. The summed E-state index contributed by atoms with van der Waals surface area (Å²) in [7, 11) is 0. The standard InChI is InChI=1S/C17H17ClN2O2/c1-11-3-6-14(18)10-16(11)20-17(22)9-13-4-7-15(8-5-13)19-12(2)21/h3-8,10H,9H2,1-2H3,(H,19,21)(H,20,22). The maximum Gasteiger partial charge on any atom is 0.228 e. The molecule has 0 saturated heterocycles. The van der Waals surface area contributed by atoms with E-state index in [-0.39, 0.29) is 18.2 Å². The molecule has 0 bridgehead atoms. The van der Waals surface area contributed by atoms with Crippen LogP contribution in [0.4, 0.5) is 11.4 Å². The van der Waals surface area contributed by atoms with Gasteiger partial charge in [-0.15, -0.1) is 0 Å². The summed E-state index contributed by atoms with van der Waals surface area (Å²) in [5, 5.41) is 6.12. The summed E-state index contributed by atoms with van der Waals surface area (Å²) in [6.07, 6.45) is 0.256. The van der Waals surface area contributed by atoms with Crippen LogP contribution in [-0.2, 0) is 16.0 Å². The van der Waals surface area contributed by atoms with Crippen LogP contribution in [-0.4, -0.2) is 11.8 Å². The van der Waals surface area contributed by atoms with E-state index < -0.39 is 0 Å². The van der Waals surface area contributed by atoms with Crippen LogP contribution in [0.2, 0.25) is 5.02 Å². The van der Waals surface area contributed by atoms with Gasteiger partial charge in [-0.05, 0) is 42.3 Å². The summed E-state index contributed by atoms with van der Waals surface area (Å²) in [4.78, 5) is 23.0. The van der Waals surface area contributed by atoms with E-state index in [0.29, 0.717) is 16.4 Å². The Balaban J connectivity index is 1.99. The second kappa shape index (κ2) is 7.09. The van der Waals surface area contributed by atoms with Crippen molar-refractivity contribution in [3.63, 3.8) is 0 Å². The molecular weight excluding hydrogens is 300 g/mol. The van der Waals surface area contributed by atoms with E-state index in [1.807, 2.05) is 25.1 Å². The summed E-state index contributed by atoms with van der Waals surface area (Å²) in [5.74, 6) is -0.237. The summed E-state index contributed by atoms with van der Waals surface area (Å²) < 4.78 is 0. The van der Waals surface area contributed by atoms with Crippen LogP contribution in [0.25, 0.3) is 0 Å². The summed E-state index contributed by atoms with van der Waals surface area (Å²) in [6, 6.07) is 12.6. The third-order valence-electron chi connectivity index (χ3n) is 3.11. The van der Waals surface area contributed by atoms with Crippen LogP contribution in [0.15, 0.2) is 42.5 Å². The molecule has 22 heavy (non-hydrogen) atoms. The molecule has 0 aliphatic rings. The first-order valence-electron chi connectivity index (χ1n) is 6.86. The third kappa shape index (κ3) is 4.60. The number of aryl methyl sites for hydroxylation is 1. The molecule has 0 aromatic heterocycles. The highest BCUT2D eigenvalue weighted by molar-refractivity contribution is 6.31. The molecule has 5 heteroatoms. The first-order chi connectivity index (χ1) is 10.4. The van der Waals surface area contributed by atoms with Gasteiger partial charge in [-0.1, -0.05) is 29.8 Å². The monoisotopic (exact) mass is 316 g/mol. The average molecular weight is 317 g/mol. The molecule has 2 rings (SSSR count). The Labute approximate surface area is 134 Å². The second-order valence-electron chi connectivity index (χ2n) is 5.06. The van der Waals surface area contributed by atoms with Gasteiger partial charge in [-0.2, -0.15) is 0 Å². The number of benzene rings is 2. The van der Waals surface area contributed by atoms with Gasteiger partial charge < -0.3 is 10.6 Å². The highest BCUT2D eigenvalue weighted by Gasteiger charge is 2.07. The van der Waals surface area contributed by atoms with Gasteiger partial charge >= 0.3 is 0 Å². The molecule has 0 radical (unpaired) electrons. The SMILES string of the molecule is CC(=O)Nc1ccc(CC(=O)Nc2cc(Cl)ccc2C)cc1. The van der Waals surface area contributed by atoms with Crippen LogP contribution in [0, 0.1) is 6.92 Å². The molecule has 2 aromatic rings. The van der Waals surface area contributed by atoms with Crippen molar-refractivity contribution in [2.75, 3.05) is 10.6 Å². The Morgan fingerprint density at radius 1 is 1.05 bits per heavy atom. The van der Waals surface area contributed by atoms with Crippen molar-refractivity contribution >= 4 is 34.8 Å². The number of rotatable bonds is 4. The molecule has 0 unspecified atom stereocenters. The van der Waals surface area contributed by atoms with E-state index in [4.69, 9.17) is 11.6 Å². The molecule has 0 saturated carbocycles. The molecule has 0 heterocycles. The van der Waals surface area contributed by atoms with E-state index in [0.717, 1.165) is 11.1 Å². The Morgan fingerprint density at radius 2 is 1.73 bits per heavy atom. The van der Waals surface area contributed by atoms with Gasteiger partial charge in [-0.3, -0.25) is 9.59 Å². The normalized spacial score (nSPS) is 10.1. The van der Waals surface area contributed by atoms with Gasteiger partial charge in [0.1, 0.15) is 0 Å². The number of anilines is 2. The van der Waals surface area contributed by atoms with Crippen LogP contribution in [0.1, 0.15) is 18.1 Å². The zero-order chi connectivity index (χ0) is 16.1. The van der Waals surface area contributed by atoms with E-state index in [1.165, 1.54) is 6.92 Å². The van der Waals surface area contributed by atoms with Crippen LogP contribution in [0.5, 0.6) is 0 Å². The van der Waals surface area contributed by atoms with Crippen molar-refractivity contribution < 1.29 is 9.59 Å². The molecule has 2 amide bonds. The van der Waals surface area contributed by atoms with Crippen LogP contribution < -0.4 is 10.6 Å². The lowest BCUT2D eigenvalue weighted by Crippen LogP contribution is -2.15. The summed E-state index contributed by atoms with van der Waals surface area (Å²) in [5.41, 5.74) is 3.25. The zero-order valence-electron chi connectivity index (χ0n) is 12.4. The topological polar surface area (TPSA) is 58.2 Å². The van der Waals surface area contributed by atoms with Gasteiger partial charge in [0.2, 0.25) is 11.8 Å². The van der Waals surface area contributed by atoms with Crippen molar-refractivity contribution in [3.8, 4) is 0 Å². The highest BCUT2D eigenvalue weighted by atomic mass is 35.5. The molecule has 4 nitrogen and oxygen atoms in total. The summed E-state index contributed by atoms with van der Waals surface area (Å²) in [6.45, 7) is 3.36. The number of halogens is 1. The number of amides is 2. The van der Waals surface area contributed by atoms with Crippen LogP contribution >= 0.6 is 11.6 Å². The smallest absolute Gasteiger partial charge is 0.228 e. The molecule has 0 fully saturated rings. The lowest BCUT2D eigenvalue weighted by Gasteiger charge is -2.09. The van der Waals surface area contributed by atoms with Gasteiger partial charge in [0.25, 0.3) is 0 Å². The van der Waals surface area contributed by atoms with Crippen molar-refractivity contribution in [2.45, 2.75) is 20.3 Å². The Morgan fingerprint density at radius 3 is 2.36 bits per heavy atom. The minimum atomic E-state index is -0.123. The second-order valence-corrected chi connectivity index (χ2v) is 5.50. The first kappa shape index (κ1) is 16.0. The largest absolute Gasteiger partial charge is 0.326 e. The Bertz CT molecular complexity index is 696. The minimum Gasteiger partial charge on any atom is -0.326 e. The lowest BCUT2D eigenvalue weighted by molar-refractivity contribution is -0.116. The molecule has 0 atom stereocenters. The Hall–Kier alpha value is -2.33. The predicted octanol–water partition coefficient (Wildman–Crippen LogP) is 3.79. The van der Waals surface area contributed by atoms with E-state index in [1.54, 1.807) is 24.3 Å². The van der Waals surface area contributed by atoms with E-state index in [9.17, 15) is 9.59 Å². The van der Waals surface area contributed by atoms with Gasteiger partial charge in [0.15, 0.2) is 0 Å². The third-order valence-corrected chi connectivity index (χ3v) is 3.35. The van der Waals surface area contributed by atoms with Crippen molar-refractivity contribution in [1.29, 1.82) is 0 Å². The van der Waals surface area contributed by atoms with Crippen molar-refractivity contribution in [1.82, 2.24) is 0 Å². The van der Waals surface area contributed by atoms with E-state index in [2.05, 4.69) is 10.6 Å². The maximum absolute atomic E-state index is 12.1. The number of carbonyl (C=O) groups is 2. The molecular formula is C17H17ClN2O2. The average Bonchev–Trinajstić information content (AvgIpc) is 2.44. The van der Waals surface area contributed by atoms with Gasteiger partial charge in [-0.25, -0.2) is 0 Å². The van der Waals surface area contributed by atoms with Gasteiger partial charge in [0.05, 0.1) is 6.42 Å². The molecule has 2 aromatic carbocycles. The molecule has 114 valence electrons. The quantitative estimate of drug-likeness (QED) is 0.901. The number of carbonyl (C=O) groups excluding carboxylic acids is 2. The first-order valence-corrected chi connectivity index (χ1v) is 7.24. The minimum absolute atomic E-state index is 0.113. The number of hydrogen-bond acceptors (Lipinski definition) is 2. The van der Waals surface area contributed by atoms with Crippen molar-refractivity contribution in [3.05, 3.63) is 58.6 Å². The molecule has 2 N–H and O–H groups in total. The molecule has 0 spiro atoms. The zero-order valence-corrected chi connectivity index (χ0v) is 13.2. The fourth-order valence-electron chi connectivity index (χ4n) is 2.02. The fraction of sp³-hybridized carbons (Fsp3) is 0.176. The van der Waals surface area contributed by atoms with E-state index >= 15 is 0 Å². The number of hydrogen-bond donors (Lipinski definition) is 2. The van der Waals surface area contributed by atoms with Crippen LogP contribution in [0.3, 0.4) is 0 Å². The number of nitrogens with one attached hydrogen (secondary N) is 2. The van der Waals surface area contributed by atoms with Gasteiger partial charge in [0, 0.05) is 23.3 Å². The highest BCUT2D eigenvalue weighted by Crippen LogP contribution is 2.20. The summed E-state index contributed by atoms with van der Waals surface area (Å²) >= 11 is 5.93. The predicted molar refractivity (Wildman–Crippen MR) is 89.3 cm³/mol. The Kier molecular flexibility index (Phi) is 5.17. The maximum atomic E-state index is 12.1. The molecule has 0 aliphatic heterocycles.